The maximum absolute atomic E-state index is 12.3. The number of carbonyl (C=O) groups is 2. The van der Waals surface area contributed by atoms with Crippen LogP contribution in [0, 0.1) is 0 Å². The maximum Gasteiger partial charge on any atom is 0.267 e. The molecule has 0 fully saturated rings. The van der Waals surface area contributed by atoms with E-state index < -0.39 is 0 Å². The normalized spacial score (nSPS) is 21.4. The fourth-order valence-corrected chi connectivity index (χ4v) is 2.86. The van der Waals surface area contributed by atoms with Gasteiger partial charge >= 0.3 is 0 Å². The first-order valence-corrected chi connectivity index (χ1v) is 7.64. The molecule has 2 amide bonds. The van der Waals surface area contributed by atoms with Gasteiger partial charge in [0.2, 0.25) is 5.91 Å². The summed E-state index contributed by atoms with van der Waals surface area (Å²) in [5.74, 6) is 1.70. The van der Waals surface area contributed by atoms with Gasteiger partial charge in [-0.2, -0.15) is 5.10 Å². The van der Waals surface area contributed by atoms with E-state index in [0.29, 0.717) is 25.1 Å². The number of nitrogens with zero attached hydrogens (tertiary/aromatic N) is 5. The van der Waals surface area contributed by atoms with Gasteiger partial charge in [-0.1, -0.05) is 6.92 Å². The lowest BCUT2D eigenvalue weighted by atomic mass is 10.1. The van der Waals surface area contributed by atoms with Crippen LogP contribution in [-0.4, -0.2) is 50.4 Å². The number of amides is 2. The number of hydrogen-bond acceptors (Lipinski definition) is 5. The zero-order chi connectivity index (χ0) is 15.7. The van der Waals surface area contributed by atoms with Crippen LogP contribution in [0.4, 0.5) is 0 Å². The van der Waals surface area contributed by atoms with E-state index in [2.05, 4.69) is 25.2 Å². The number of fused-ring (bicyclic) bond motifs is 1. The largest absolute Gasteiger partial charge is 0.346 e. The second-order valence-corrected chi connectivity index (χ2v) is 5.67. The lowest BCUT2D eigenvalue weighted by Gasteiger charge is -2.26. The van der Waals surface area contributed by atoms with E-state index in [-0.39, 0.29) is 17.9 Å². The molecule has 1 unspecified atom stereocenters. The van der Waals surface area contributed by atoms with Gasteiger partial charge < -0.3 is 9.88 Å². The third kappa shape index (κ3) is 2.72. The van der Waals surface area contributed by atoms with Crippen LogP contribution in [0.2, 0.25) is 0 Å². The van der Waals surface area contributed by atoms with Crippen LogP contribution in [0.3, 0.4) is 0 Å². The number of hydrazone groups is 1. The van der Waals surface area contributed by atoms with Crippen molar-refractivity contribution in [3.8, 4) is 0 Å². The third-order valence-electron chi connectivity index (χ3n) is 4.14. The van der Waals surface area contributed by atoms with Gasteiger partial charge in [-0.15, -0.1) is 10.2 Å². The van der Waals surface area contributed by atoms with Crippen LogP contribution < -0.4 is 5.32 Å². The van der Waals surface area contributed by atoms with Crippen LogP contribution in [0.5, 0.6) is 0 Å². The molecule has 2 aliphatic rings. The Bertz CT molecular complexity index is 622. The van der Waals surface area contributed by atoms with Crippen molar-refractivity contribution in [1.82, 2.24) is 25.1 Å². The molecule has 8 heteroatoms. The number of carbonyl (C=O) groups excluding carboxylic acids is 2. The standard InChI is InChI=1S/C14H20N6O2/c1-3-11-16-17-12-6-4-9(8-20(11)12)15-14(22)10-5-7-13(21)19(2)18-10/h9H,3-8H2,1-2H3,(H,15,22). The predicted octanol–water partition coefficient (Wildman–Crippen LogP) is -0.120. The van der Waals surface area contributed by atoms with Crippen molar-refractivity contribution in [2.24, 2.45) is 5.10 Å². The SMILES string of the molecule is CCc1nnc2n1CC(NC(=O)C1=NN(C)C(=O)CC1)CC2. The van der Waals surface area contributed by atoms with Crippen molar-refractivity contribution < 1.29 is 9.59 Å². The van der Waals surface area contributed by atoms with Gasteiger partial charge in [0, 0.05) is 45.3 Å². The summed E-state index contributed by atoms with van der Waals surface area (Å²) < 4.78 is 2.09. The molecule has 8 nitrogen and oxygen atoms in total. The molecule has 0 aromatic carbocycles. The summed E-state index contributed by atoms with van der Waals surface area (Å²) in [6.45, 7) is 2.74. The summed E-state index contributed by atoms with van der Waals surface area (Å²) in [5, 5.41) is 16.7. The molecule has 0 saturated carbocycles. The average Bonchev–Trinajstić information content (AvgIpc) is 2.92. The molecule has 1 N–H and O–H groups in total. The first-order valence-electron chi connectivity index (χ1n) is 7.64. The van der Waals surface area contributed by atoms with Crippen LogP contribution in [0.15, 0.2) is 5.10 Å². The van der Waals surface area contributed by atoms with Gasteiger partial charge in [-0.05, 0) is 6.42 Å². The Balaban J connectivity index is 1.66. The topological polar surface area (TPSA) is 92.5 Å². The quantitative estimate of drug-likeness (QED) is 0.842. The minimum Gasteiger partial charge on any atom is -0.346 e. The predicted molar refractivity (Wildman–Crippen MR) is 79.1 cm³/mol. The molecule has 3 heterocycles. The molecule has 0 bridgehead atoms. The highest BCUT2D eigenvalue weighted by atomic mass is 16.2. The van der Waals surface area contributed by atoms with Crippen LogP contribution >= 0.6 is 0 Å². The minimum atomic E-state index is -0.182. The summed E-state index contributed by atoms with van der Waals surface area (Å²) in [6, 6.07) is 0.0481. The Kier molecular flexibility index (Phi) is 3.91. The van der Waals surface area contributed by atoms with E-state index in [1.807, 2.05) is 6.92 Å². The van der Waals surface area contributed by atoms with E-state index in [1.54, 1.807) is 7.05 Å². The highest BCUT2D eigenvalue weighted by molar-refractivity contribution is 6.39. The van der Waals surface area contributed by atoms with Crippen LogP contribution in [-0.2, 0) is 29.0 Å². The lowest BCUT2D eigenvalue weighted by molar-refractivity contribution is -0.130. The van der Waals surface area contributed by atoms with Crippen molar-refractivity contribution in [3.05, 3.63) is 11.6 Å². The summed E-state index contributed by atoms with van der Waals surface area (Å²) in [6.07, 6.45) is 3.22. The smallest absolute Gasteiger partial charge is 0.267 e. The molecule has 0 saturated heterocycles. The van der Waals surface area contributed by atoms with Crippen molar-refractivity contribution in [3.63, 3.8) is 0 Å². The molecular formula is C14H20N6O2. The van der Waals surface area contributed by atoms with Gasteiger partial charge in [-0.25, -0.2) is 5.01 Å². The number of rotatable bonds is 3. The molecule has 0 aliphatic carbocycles. The molecule has 1 atom stereocenters. The first-order chi connectivity index (χ1) is 10.6. The summed E-state index contributed by atoms with van der Waals surface area (Å²) in [4.78, 5) is 23.7. The van der Waals surface area contributed by atoms with Crippen LogP contribution in [0.1, 0.15) is 37.8 Å². The monoisotopic (exact) mass is 304 g/mol. The lowest BCUT2D eigenvalue weighted by Crippen LogP contribution is -2.45. The maximum atomic E-state index is 12.3. The van der Waals surface area contributed by atoms with Crippen molar-refractivity contribution in [2.75, 3.05) is 7.05 Å². The summed E-state index contributed by atoms with van der Waals surface area (Å²) >= 11 is 0. The minimum absolute atomic E-state index is 0.0481. The number of aryl methyl sites for hydroxylation is 2. The van der Waals surface area contributed by atoms with Crippen LogP contribution in [0.25, 0.3) is 0 Å². The second-order valence-electron chi connectivity index (χ2n) is 5.67. The Hall–Kier alpha value is -2.25. The van der Waals surface area contributed by atoms with E-state index in [4.69, 9.17) is 0 Å². The number of aromatic nitrogens is 3. The first kappa shape index (κ1) is 14.7. The van der Waals surface area contributed by atoms with Crippen molar-refractivity contribution >= 4 is 17.5 Å². The van der Waals surface area contributed by atoms with E-state index in [9.17, 15) is 9.59 Å². The van der Waals surface area contributed by atoms with Crippen molar-refractivity contribution in [1.29, 1.82) is 0 Å². The third-order valence-corrected chi connectivity index (χ3v) is 4.14. The highest BCUT2D eigenvalue weighted by Gasteiger charge is 2.27. The van der Waals surface area contributed by atoms with Crippen molar-refractivity contribution in [2.45, 2.75) is 51.6 Å². The van der Waals surface area contributed by atoms with Gasteiger partial charge in [0.1, 0.15) is 17.4 Å². The van der Waals surface area contributed by atoms with Gasteiger partial charge in [0.15, 0.2) is 0 Å². The Labute approximate surface area is 128 Å². The van der Waals surface area contributed by atoms with E-state index in [1.165, 1.54) is 5.01 Å². The number of hydrogen-bond donors (Lipinski definition) is 1. The molecular weight excluding hydrogens is 284 g/mol. The number of nitrogens with one attached hydrogen (secondary N) is 1. The molecule has 1 aromatic heterocycles. The Morgan fingerprint density at radius 3 is 2.86 bits per heavy atom. The average molecular weight is 304 g/mol. The van der Waals surface area contributed by atoms with Gasteiger partial charge in [-0.3, -0.25) is 9.59 Å². The molecule has 3 rings (SSSR count). The molecule has 1 aromatic rings. The summed E-state index contributed by atoms with van der Waals surface area (Å²) in [5.41, 5.74) is 0.423. The molecule has 2 aliphatic heterocycles. The van der Waals surface area contributed by atoms with Gasteiger partial charge in [0.05, 0.1) is 0 Å². The molecule has 0 spiro atoms. The molecule has 118 valence electrons. The Morgan fingerprint density at radius 2 is 2.14 bits per heavy atom. The van der Waals surface area contributed by atoms with E-state index in [0.717, 1.165) is 30.9 Å². The fraction of sp³-hybridized carbons (Fsp3) is 0.643. The molecule has 22 heavy (non-hydrogen) atoms. The Morgan fingerprint density at radius 1 is 1.32 bits per heavy atom. The van der Waals surface area contributed by atoms with Gasteiger partial charge in [0.25, 0.3) is 5.91 Å². The van der Waals surface area contributed by atoms with E-state index >= 15 is 0 Å². The second kappa shape index (κ2) is 5.86. The highest BCUT2D eigenvalue weighted by Crippen LogP contribution is 2.16. The molecule has 0 radical (unpaired) electrons. The summed E-state index contributed by atoms with van der Waals surface area (Å²) in [7, 11) is 1.58. The zero-order valence-electron chi connectivity index (χ0n) is 12.9. The fourth-order valence-electron chi connectivity index (χ4n) is 2.86. The zero-order valence-corrected chi connectivity index (χ0v) is 12.9.